The molecular weight excluding hydrogens is 376 g/mol. The second kappa shape index (κ2) is 8.82. The van der Waals surface area contributed by atoms with Crippen LogP contribution in [-0.4, -0.2) is 24.5 Å². The molecule has 1 aliphatic heterocycles. The minimum atomic E-state index is -0.571. The lowest BCUT2D eigenvalue weighted by molar-refractivity contribution is -0.122. The number of hydrogen-bond acceptors (Lipinski definition) is 3. The zero-order valence-corrected chi connectivity index (χ0v) is 16.9. The van der Waals surface area contributed by atoms with Gasteiger partial charge in [0, 0.05) is 24.2 Å². The van der Waals surface area contributed by atoms with Crippen LogP contribution in [0.25, 0.3) is 0 Å². The Hall–Kier alpha value is -3.60. The van der Waals surface area contributed by atoms with Crippen molar-refractivity contribution >= 4 is 17.5 Å². The number of amides is 2. The standard InChI is InChI=1S/C25H24N2O3/c1-2-30-21-14-12-18(13-15-21)17-26-24(28)23-16-20-10-6-7-11-22(20)27(23)25(29)19-8-4-3-5-9-19/h3-15,23H,2,16-17H2,1H3,(H,26,28)/t23-/m1/s1. The molecule has 1 atom stereocenters. The first-order valence-corrected chi connectivity index (χ1v) is 10.1. The molecule has 1 aliphatic rings. The van der Waals surface area contributed by atoms with Crippen molar-refractivity contribution in [2.24, 2.45) is 0 Å². The lowest BCUT2D eigenvalue weighted by Crippen LogP contribution is -2.48. The number of para-hydroxylation sites is 1. The number of ether oxygens (including phenoxy) is 1. The van der Waals surface area contributed by atoms with E-state index < -0.39 is 6.04 Å². The van der Waals surface area contributed by atoms with Gasteiger partial charge in [-0.25, -0.2) is 0 Å². The highest BCUT2D eigenvalue weighted by atomic mass is 16.5. The van der Waals surface area contributed by atoms with Crippen LogP contribution < -0.4 is 15.0 Å². The molecule has 3 aromatic rings. The highest BCUT2D eigenvalue weighted by Gasteiger charge is 2.38. The zero-order chi connectivity index (χ0) is 20.9. The number of nitrogens with zero attached hydrogens (tertiary/aromatic N) is 1. The monoisotopic (exact) mass is 400 g/mol. The first kappa shape index (κ1) is 19.7. The molecule has 0 saturated heterocycles. The molecule has 30 heavy (non-hydrogen) atoms. The van der Waals surface area contributed by atoms with E-state index in [4.69, 9.17) is 4.74 Å². The van der Waals surface area contributed by atoms with Gasteiger partial charge in [0.05, 0.1) is 6.61 Å². The SMILES string of the molecule is CCOc1ccc(CNC(=O)[C@H]2Cc3ccccc3N2C(=O)c2ccccc2)cc1. The van der Waals surface area contributed by atoms with Crippen molar-refractivity contribution < 1.29 is 14.3 Å². The molecule has 2 amide bonds. The van der Waals surface area contributed by atoms with Crippen molar-refractivity contribution in [3.63, 3.8) is 0 Å². The summed E-state index contributed by atoms with van der Waals surface area (Å²) >= 11 is 0. The van der Waals surface area contributed by atoms with Gasteiger partial charge in [-0.1, -0.05) is 48.5 Å². The highest BCUT2D eigenvalue weighted by molar-refractivity contribution is 6.11. The number of anilines is 1. The number of carbonyl (C=O) groups excluding carboxylic acids is 2. The summed E-state index contributed by atoms with van der Waals surface area (Å²) in [5.41, 5.74) is 3.34. The summed E-state index contributed by atoms with van der Waals surface area (Å²) in [7, 11) is 0. The summed E-state index contributed by atoms with van der Waals surface area (Å²) in [4.78, 5) is 27.9. The summed E-state index contributed by atoms with van der Waals surface area (Å²) in [6.45, 7) is 2.95. The van der Waals surface area contributed by atoms with Gasteiger partial charge in [-0.15, -0.1) is 0 Å². The Morgan fingerprint density at radius 2 is 1.67 bits per heavy atom. The molecule has 1 heterocycles. The van der Waals surface area contributed by atoms with Gasteiger partial charge in [-0.2, -0.15) is 0 Å². The molecule has 0 bridgehead atoms. The third-order valence-electron chi connectivity index (χ3n) is 5.22. The highest BCUT2D eigenvalue weighted by Crippen LogP contribution is 2.33. The smallest absolute Gasteiger partial charge is 0.259 e. The van der Waals surface area contributed by atoms with Crippen molar-refractivity contribution in [1.29, 1.82) is 0 Å². The summed E-state index contributed by atoms with van der Waals surface area (Å²) in [6.07, 6.45) is 0.504. The Bertz CT molecular complexity index is 1030. The third-order valence-corrected chi connectivity index (χ3v) is 5.22. The molecule has 0 radical (unpaired) electrons. The van der Waals surface area contributed by atoms with Crippen LogP contribution in [-0.2, 0) is 17.8 Å². The van der Waals surface area contributed by atoms with Crippen LogP contribution >= 0.6 is 0 Å². The van der Waals surface area contributed by atoms with E-state index in [1.165, 1.54) is 0 Å². The van der Waals surface area contributed by atoms with E-state index in [2.05, 4.69) is 5.32 Å². The number of nitrogens with one attached hydrogen (secondary N) is 1. The number of hydrogen-bond donors (Lipinski definition) is 1. The van der Waals surface area contributed by atoms with Crippen LogP contribution in [0.2, 0.25) is 0 Å². The van der Waals surface area contributed by atoms with Gasteiger partial charge in [0.2, 0.25) is 5.91 Å². The van der Waals surface area contributed by atoms with Crippen molar-refractivity contribution in [3.8, 4) is 5.75 Å². The molecule has 5 nitrogen and oxygen atoms in total. The van der Waals surface area contributed by atoms with E-state index in [9.17, 15) is 9.59 Å². The predicted molar refractivity (Wildman–Crippen MR) is 117 cm³/mol. The van der Waals surface area contributed by atoms with Crippen molar-refractivity contribution in [2.75, 3.05) is 11.5 Å². The molecule has 5 heteroatoms. The van der Waals surface area contributed by atoms with Crippen LogP contribution in [0.4, 0.5) is 5.69 Å². The molecule has 0 saturated carbocycles. The van der Waals surface area contributed by atoms with E-state index in [-0.39, 0.29) is 11.8 Å². The van der Waals surface area contributed by atoms with Crippen molar-refractivity contribution in [3.05, 3.63) is 95.6 Å². The molecule has 0 fully saturated rings. The lowest BCUT2D eigenvalue weighted by atomic mass is 10.1. The third kappa shape index (κ3) is 4.06. The molecule has 0 spiro atoms. The van der Waals surface area contributed by atoms with Gasteiger partial charge < -0.3 is 10.1 Å². The number of carbonyl (C=O) groups is 2. The minimum absolute atomic E-state index is 0.163. The van der Waals surface area contributed by atoms with Gasteiger partial charge in [0.25, 0.3) is 5.91 Å². The fourth-order valence-electron chi connectivity index (χ4n) is 3.74. The number of benzene rings is 3. The topological polar surface area (TPSA) is 58.6 Å². The first-order valence-electron chi connectivity index (χ1n) is 10.1. The summed E-state index contributed by atoms with van der Waals surface area (Å²) < 4.78 is 5.45. The van der Waals surface area contributed by atoms with Crippen molar-refractivity contribution in [1.82, 2.24) is 5.32 Å². The molecule has 3 aromatic carbocycles. The zero-order valence-electron chi connectivity index (χ0n) is 16.9. The van der Waals surface area contributed by atoms with Gasteiger partial charge in [0.1, 0.15) is 11.8 Å². The van der Waals surface area contributed by atoms with E-state index in [1.54, 1.807) is 17.0 Å². The van der Waals surface area contributed by atoms with Crippen LogP contribution in [0.3, 0.4) is 0 Å². The summed E-state index contributed by atoms with van der Waals surface area (Å²) in [5.74, 6) is 0.476. The van der Waals surface area contributed by atoms with Gasteiger partial charge in [0.15, 0.2) is 0 Å². The first-order chi connectivity index (χ1) is 14.7. The largest absolute Gasteiger partial charge is 0.494 e. The fraction of sp³-hybridized carbons (Fsp3) is 0.200. The Morgan fingerprint density at radius 1 is 0.967 bits per heavy atom. The Kier molecular flexibility index (Phi) is 5.80. The number of fused-ring (bicyclic) bond motifs is 1. The maximum Gasteiger partial charge on any atom is 0.259 e. The van der Waals surface area contributed by atoms with Crippen LogP contribution in [0, 0.1) is 0 Å². The molecule has 4 rings (SSSR count). The van der Waals surface area contributed by atoms with Gasteiger partial charge in [-0.05, 0) is 48.4 Å². The molecule has 0 aromatic heterocycles. The fourth-order valence-corrected chi connectivity index (χ4v) is 3.74. The second-order valence-electron chi connectivity index (χ2n) is 7.18. The van der Waals surface area contributed by atoms with Gasteiger partial charge in [-0.3, -0.25) is 14.5 Å². The van der Waals surface area contributed by atoms with Crippen LogP contribution in [0.5, 0.6) is 5.75 Å². The predicted octanol–water partition coefficient (Wildman–Crippen LogP) is 3.97. The summed E-state index contributed by atoms with van der Waals surface area (Å²) in [5, 5.41) is 2.99. The van der Waals surface area contributed by atoms with E-state index in [0.717, 1.165) is 22.6 Å². The lowest BCUT2D eigenvalue weighted by Gasteiger charge is -2.25. The average Bonchev–Trinajstić information content (AvgIpc) is 3.18. The second-order valence-corrected chi connectivity index (χ2v) is 7.18. The minimum Gasteiger partial charge on any atom is -0.494 e. The molecule has 152 valence electrons. The van der Waals surface area contributed by atoms with Crippen LogP contribution in [0.15, 0.2) is 78.9 Å². The van der Waals surface area contributed by atoms with E-state index in [0.29, 0.717) is 25.1 Å². The Morgan fingerprint density at radius 3 is 2.40 bits per heavy atom. The van der Waals surface area contributed by atoms with E-state index in [1.807, 2.05) is 73.7 Å². The molecule has 0 unspecified atom stereocenters. The van der Waals surface area contributed by atoms with E-state index >= 15 is 0 Å². The normalized spacial score (nSPS) is 14.8. The average molecular weight is 400 g/mol. The molecule has 1 N–H and O–H groups in total. The van der Waals surface area contributed by atoms with Gasteiger partial charge >= 0.3 is 0 Å². The Balaban J connectivity index is 1.51. The molecular formula is C25H24N2O3. The quantitative estimate of drug-likeness (QED) is 0.681. The number of rotatable bonds is 6. The Labute approximate surface area is 176 Å². The maximum atomic E-state index is 13.2. The summed E-state index contributed by atoms with van der Waals surface area (Å²) in [6, 6.07) is 23.9. The van der Waals surface area contributed by atoms with Crippen molar-refractivity contribution in [2.45, 2.75) is 25.9 Å². The van der Waals surface area contributed by atoms with Crippen LogP contribution in [0.1, 0.15) is 28.4 Å². The maximum absolute atomic E-state index is 13.2. The molecule has 0 aliphatic carbocycles.